The second-order valence-corrected chi connectivity index (χ2v) is 5.06. The van der Waals surface area contributed by atoms with Crippen LogP contribution in [-0.4, -0.2) is 22.0 Å². The van der Waals surface area contributed by atoms with Crippen molar-refractivity contribution in [3.63, 3.8) is 0 Å². The number of hydrogen-bond acceptors (Lipinski definition) is 2. The molecule has 0 aliphatic carbocycles. The molecule has 0 atom stereocenters. The van der Waals surface area contributed by atoms with Crippen LogP contribution in [0.1, 0.15) is 58.3 Å². The second-order valence-electron chi connectivity index (χ2n) is 5.06. The lowest BCUT2D eigenvalue weighted by molar-refractivity contribution is -0.121. The van der Waals surface area contributed by atoms with Crippen LogP contribution in [0.5, 0.6) is 0 Å². The third kappa shape index (κ3) is 8.41. The number of amides is 1. The molecule has 0 unspecified atom stereocenters. The zero-order chi connectivity index (χ0) is 13.8. The second kappa shape index (κ2) is 10.6. The number of rotatable bonds is 11. The molecule has 4 nitrogen and oxygen atoms in total. The number of hydrogen-bond donors (Lipinski definition) is 1. The molecule has 0 fully saturated rings. The van der Waals surface area contributed by atoms with Crippen molar-refractivity contribution in [2.45, 2.75) is 64.8 Å². The Morgan fingerprint density at radius 3 is 2.42 bits per heavy atom. The number of carbonyl (C=O) groups is 1. The van der Waals surface area contributed by atoms with E-state index in [-0.39, 0.29) is 5.91 Å². The highest BCUT2D eigenvalue weighted by Crippen LogP contribution is 2.07. The van der Waals surface area contributed by atoms with E-state index in [1.807, 2.05) is 0 Å². The molecule has 1 aromatic rings. The number of aromatic nitrogens is 2. The molecule has 0 radical (unpaired) electrons. The molecule has 1 rings (SSSR count). The Balaban J connectivity index is 1.86. The quantitative estimate of drug-likeness (QED) is 0.625. The largest absolute Gasteiger partial charge is 0.355 e. The van der Waals surface area contributed by atoms with Gasteiger partial charge in [-0.3, -0.25) is 4.79 Å². The molecule has 4 heteroatoms. The maximum absolute atomic E-state index is 11.6. The summed E-state index contributed by atoms with van der Waals surface area (Å²) in [5.41, 5.74) is 0. The fraction of sp³-hybridized carbons (Fsp3) is 0.733. The van der Waals surface area contributed by atoms with Crippen LogP contribution in [0.15, 0.2) is 18.7 Å². The third-order valence-electron chi connectivity index (χ3n) is 3.24. The van der Waals surface area contributed by atoms with Gasteiger partial charge in [-0.1, -0.05) is 51.9 Å². The van der Waals surface area contributed by atoms with Gasteiger partial charge in [-0.15, -0.1) is 0 Å². The summed E-state index contributed by atoms with van der Waals surface area (Å²) in [7, 11) is 0. The van der Waals surface area contributed by atoms with Crippen LogP contribution in [-0.2, 0) is 11.3 Å². The van der Waals surface area contributed by atoms with Gasteiger partial charge in [0.15, 0.2) is 0 Å². The minimum absolute atomic E-state index is 0.0703. The van der Waals surface area contributed by atoms with Gasteiger partial charge in [0, 0.05) is 18.9 Å². The standard InChI is InChI=1S/C15H27N3O/c1-2-3-4-5-6-7-8-9-10-17-15(19)13-18-12-11-16-14-18/h11-12,14H,2-10,13H2,1H3,(H,17,19). The summed E-state index contributed by atoms with van der Waals surface area (Å²) in [6, 6.07) is 0. The van der Waals surface area contributed by atoms with Crippen molar-refractivity contribution < 1.29 is 4.79 Å². The summed E-state index contributed by atoms with van der Waals surface area (Å²) >= 11 is 0. The number of nitrogens with one attached hydrogen (secondary N) is 1. The van der Waals surface area contributed by atoms with Crippen LogP contribution in [0.4, 0.5) is 0 Å². The summed E-state index contributed by atoms with van der Waals surface area (Å²) in [6.07, 6.45) is 15.5. The van der Waals surface area contributed by atoms with Gasteiger partial charge < -0.3 is 9.88 Å². The molecule has 0 saturated heterocycles. The van der Waals surface area contributed by atoms with E-state index in [9.17, 15) is 4.79 Å². The van der Waals surface area contributed by atoms with Crippen molar-refractivity contribution in [3.8, 4) is 0 Å². The Bertz CT molecular complexity index is 322. The maximum atomic E-state index is 11.6. The smallest absolute Gasteiger partial charge is 0.239 e. The average molecular weight is 265 g/mol. The van der Waals surface area contributed by atoms with Gasteiger partial charge in [0.25, 0.3) is 0 Å². The lowest BCUT2D eigenvalue weighted by Crippen LogP contribution is -2.28. The molecule has 0 aliphatic heterocycles. The van der Waals surface area contributed by atoms with Gasteiger partial charge in [-0.25, -0.2) is 4.98 Å². The van der Waals surface area contributed by atoms with E-state index in [4.69, 9.17) is 0 Å². The Hall–Kier alpha value is -1.32. The summed E-state index contributed by atoms with van der Waals surface area (Å²) in [4.78, 5) is 15.5. The zero-order valence-corrected chi connectivity index (χ0v) is 12.1. The minimum atomic E-state index is 0.0703. The van der Waals surface area contributed by atoms with E-state index >= 15 is 0 Å². The molecule has 1 aromatic heterocycles. The topological polar surface area (TPSA) is 46.9 Å². The fourth-order valence-corrected chi connectivity index (χ4v) is 2.09. The van der Waals surface area contributed by atoms with Crippen LogP contribution >= 0.6 is 0 Å². The van der Waals surface area contributed by atoms with Crippen molar-refractivity contribution in [2.24, 2.45) is 0 Å². The molecule has 108 valence electrons. The van der Waals surface area contributed by atoms with Crippen LogP contribution in [0.2, 0.25) is 0 Å². The van der Waals surface area contributed by atoms with Crippen molar-refractivity contribution in [3.05, 3.63) is 18.7 Å². The highest BCUT2D eigenvalue weighted by molar-refractivity contribution is 5.75. The van der Waals surface area contributed by atoms with Crippen LogP contribution in [0.3, 0.4) is 0 Å². The average Bonchev–Trinajstić information content (AvgIpc) is 2.89. The Kier molecular flexibility index (Phi) is 8.77. The molecule has 1 N–H and O–H groups in total. The molecule has 0 spiro atoms. The predicted octanol–water partition coefficient (Wildman–Crippen LogP) is 3.14. The van der Waals surface area contributed by atoms with Gasteiger partial charge in [0.1, 0.15) is 6.54 Å². The van der Waals surface area contributed by atoms with Crippen LogP contribution in [0, 0.1) is 0 Å². The van der Waals surface area contributed by atoms with Gasteiger partial charge >= 0.3 is 0 Å². The van der Waals surface area contributed by atoms with Crippen molar-refractivity contribution in [1.82, 2.24) is 14.9 Å². The molecule has 0 aromatic carbocycles. The van der Waals surface area contributed by atoms with Crippen molar-refractivity contribution in [1.29, 1.82) is 0 Å². The summed E-state index contributed by atoms with van der Waals surface area (Å²) < 4.78 is 1.78. The first-order valence-corrected chi connectivity index (χ1v) is 7.55. The molecular weight excluding hydrogens is 238 g/mol. The van der Waals surface area contributed by atoms with E-state index in [2.05, 4.69) is 17.2 Å². The maximum Gasteiger partial charge on any atom is 0.239 e. The van der Waals surface area contributed by atoms with Gasteiger partial charge in [0.05, 0.1) is 6.33 Å². The number of imidazole rings is 1. The van der Waals surface area contributed by atoms with E-state index in [0.717, 1.165) is 13.0 Å². The molecule has 0 aliphatic rings. The van der Waals surface area contributed by atoms with E-state index in [1.54, 1.807) is 23.3 Å². The highest BCUT2D eigenvalue weighted by atomic mass is 16.1. The van der Waals surface area contributed by atoms with Crippen molar-refractivity contribution in [2.75, 3.05) is 6.54 Å². The first-order valence-electron chi connectivity index (χ1n) is 7.55. The highest BCUT2D eigenvalue weighted by Gasteiger charge is 2.00. The van der Waals surface area contributed by atoms with E-state index in [1.165, 1.54) is 44.9 Å². The number of nitrogens with zero attached hydrogens (tertiary/aromatic N) is 2. The fourth-order valence-electron chi connectivity index (χ4n) is 2.09. The molecule has 1 amide bonds. The first-order chi connectivity index (χ1) is 9.33. The summed E-state index contributed by atoms with van der Waals surface area (Å²) in [5, 5.41) is 2.94. The van der Waals surface area contributed by atoms with Crippen LogP contribution < -0.4 is 5.32 Å². The minimum Gasteiger partial charge on any atom is -0.355 e. The third-order valence-corrected chi connectivity index (χ3v) is 3.24. The monoisotopic (exact) mass is 265 g/mol. The van der Waals surface area contributed by atoms with E-state index in [0.29, 0.717) is 6.54 Å². The number of carbonyl (C=O) groups excluding carboxylic acids is 1. The van der Waals surface area contributed by atoms with Crippen LogP contribution in [0.25, 0.3) is 0 Å². The van der Waals surface area contributed by atoms with Gasteiger partial charge in [-0.05, 0) is 6.42 Å². The summed E-state index contributed by atoms with van der Waals surface area (Å²) in [5.74, 6) is 0.0703. The van der Waals surface area contributed by atoms with E-state index < -0.39 is 0 Å². The molecule has 19 heavy (non-hydrogen) atoms. The molecular formula is C15H27N3O. The Morgan fingerprint density at radius 2 is 1.79 bits per heavy atom. The normalized spacial score (nSPS) is 10.6. The first kappa shape index (κ1) is 15.7. The molecule has 0 saturated carbocycles. The van der Waals surface area contributed by atoms with Gasteiger partial charge in [0.2, 0.25) is 5.91 Å². The SMILES string of the molecule is CCCCCCCCCCNC(=O)Cn1ccnc1. The lowest BCUT2D eigenvalue weighted by Gasteiger charge is -2.05. The lowest BCUT2D eigenvalue weighted by atomic mass is 10.1. The predicted molar refractivity (Wildman–Crippen MR) is 77.8 cm³/mol. The Labute approximate surface area is 116 Å². The molecule has 1 heterocycles. The zero-order valence-electron chi connectivity index (χ0n) is 12.1. The Morgan fingerprint density at radius 1 is 1.11 bits per heavy atom. The van der Waals surface area contributed by atoms with Crippen molar-refractivity contribution >= 4 is 5.91 Å². The summed E-state index contributed by atoms with van der Waals surface area (Å²) in [6.45, 7) is 3.41. The molecule has 0 bridgehead atoms. The van der Waals surface area contributed by atoms with Gasteiger partial charge in [-0.2, -0.15) is 0 Å². The number of unbranched alkanes of at least 4 members (excludes halogenated alkanes) is 7.